The lowest BCUT2D eigenvalue weighted by Gasteiger charge is -2.38. The highest BCUT2D eigenvalue weighted by atomic mass is 79.9. The maximum atomic E-state index is 3.67. The van der Waals surface area contributed by atoms with Gasteiger partial charge in [0.15, 0.2) is 0 Å². The van der Waals surface area contributed by atoms with E-state index in [4.69, 9.17) is 0 Å². The summed E-state index contributed by atoms with van der Waals surface area (Å²) in [5.74, 6) is 0.389. The van der Waals surface area contributed by atoms with Crippen molar-refractivity contribution in [2.45, 2.75) is 26.3 Å². The van der Waals surface area contributed by atoms with E-state index in [1.54, 1.807) is 0 Å². The summed E-state index contributed by atoms with van der Waals surface area (Å²) in [6.45, 7) is 6.69. The average molecular weight is 340 g/mol. The van der Waals surface area contributed by atoms with Gasteiger partial charge in [-0.15, -0.1) is 0 Å². The van der Waals surface area contributed by atoms with Crippen molar-refractivity contribution >= 4 is 27.6 Å². The van der Waals surface area contributed by atoms with Crippen molar-refractivity contribution in [2.24, 2.45) is 5.92 Å². The Bertz CT molecular complexity index is 775. The molecule has 0 saturated carbocycles. The van der Waals surface area contributed by atoms with E-state index < -0.39 is 0 Å². The molecule has 1 aliphatic heterocycles. The zero-order valence-corrected chi connectivity index (χ0v) is 14.1. The summed E-state index contributed by atoms with van der Waals surface area (Å²) in [6.07, 6.45) is 9.37. The largest absolute Gasteiger partial charge is 0.379 e. The molecule has 0 radical (unpaired) electrons. The molecule has 1 aromatic carbocycles. The smallest absolute Gasteiger partial charge is 0.0500 e. The van der Waals surface area contributed by atoms with Crippen molar-refractivity contribution in [2.75, 3.05) is 0 Å². The van der Waals surface area contributed by atoms with E-state index >= 15 is 0 Å². The molecule has 0 aromatic heterocycles. The fraction of sp³-hybridized carbons (Fsp3) is 0.263. The van der Waals surface area contributed by atoms with Crippen LogP contribution >= 0.6 is 15.9 Å². The molecule has 1 N–H and O–H groups in total. The number of allylic oxidation sites excluding steroid dienone is 4. The standard InChI is InChI=1S/C19H18BrN/c1-11-10-19(2,3)21-18-8-13-6-12-7-14(20)4-5-15(12)17(13)9-16(11)18/h4-10,16,21H,1-3H3. The van der Waals surface area contributed by atoms with Gasteiger partial charge in [0.25, 0.3) is 0 Å². The van der Waals surface area contributed by atoms with E-state index in [2.05, 4.69) is 84.5 Å². The summed E-state index contributed by atoms with van der Waals surface area (Å²) >= 11 is 3.56. The minimum atomic E-state index is 0.0345. The Kier molecular flexibility index (Phi) is 2.65. The van der Waals surface area contributed by atoms with Crippen molar-refractivity contribution in [1.29, 1.82) is 0 Å². The minimum Gasteiger partial charge on any atom is -0.379 e. The van der Waals surface area contributed by atoms with Crippen LogP contribution in [-0.4, -0.2) is 5.54 Å². The highest BCUT2D eigenvalue weighted by Crippen LogP contribution is 2.44. The number of rotatable bonds is 0. The molecule has 21 heavy (non-hydrogen) atoms. The number of hydrogen-bond acceptors (Lipinski definition) is 1. The van der Waals surface area contributed by atoms with Crippen LogP contribution in [0.1, 0.15) is 31.9 Å². The first kappa shape index (κ1) is 13.1. The molecule has 0 spiro atoms. The van der Waals surface area contributed by atoms with Gasteiger partial charge in [0.05, 0.1) is 0 Å². The molecule has 1 atom stereocenters. The molecule has 0 amide bonds. The minimum absolute atomic E-state index is 0.0345. The van der Waals surface area contributed by atoms with E-state index in [1.165, 1.54) is 33.5 Å². The van der Waals surface area contributed by atoms with Gasteiger partial charge in [0, 0.05) is 21.6 Å². The first-order valence-electron chi connectivity index (χ1n) is 7.36. The van der Waals surface area contributed by atoms with Crippen LogP contribution in [-0.2, 0) is 0 Å². The van der Waals surface area contributed by atoms with E-state index in [9.17, 15) is 0 Å². The van der Waals surface area contributed by atoms with Gasteiger partial charge in [0.2, 0.25) is 0 Å². The van der Waals surface area contributed by atoms with Crippen LogP contribution in [0.25, 0.3) is 11.6 Å². The number of fused-ring (bicyclic) bond motifs is 4. The lowest BCUT2D eigenvalue weighted by molar-refractivity contribution is 0.477. The summed E-state index contributed by atoms with van der Waals surface area (Å²) in [5, 5.41) is 3.67. The summed E-state index contributed by atoms with van der Waals surface area (Å²) in [6, 6.07) is 6.54. The Morgan fingerprint density at radius 2 is 2.00 bits per heavy atom. The molecule has 1 aromatic rings. The zero-order chi connectivity index (χ0) is 14.8. The van der Waals surface area contributed by atoms with E-state index in [-0.39, 0.29) is 5.54 Å². The molecule has 1 unspecified atom stereocenters. The molecule has 1 nitrogen and oxygen atoms in total. The zero-order valence-electron chi connectivity index (χ0n) is 12.5. The fourth-order valence-electron chi connectivity index (χ4n) is 3.68. The first-order chi connectivity index (χ1) is 9.93. The van der Waals surface area contributed by atoms with Crippen LogP contribution in [0.15, 0.2) is 57.7 Å². The number of halogens is 1. The summed E-state index contributed by atoms with van der Waals surface area (Å²) in [7, 11) is 0. The van der Waals surface area contributed by atoms with Crippen molar-refractivity contribution < 1.29 is 0 Å². The first-order valence-corrected chi connectivity index (χ1v) is 8.15. The SMILES string of the molecule is CC1=CC(C)(C)NC2=CC3=Cc4cc(Br)ccc4C3=CC12. The van der Waals surface area contributed by atoms with Gasteiger partial charge in [-0.25, -0.2) is 0 Å². The third-order valence-corrected chi connectivity index (χ3v) is 4.94. The van der Waals surface area contributed by atoms with Gasteiger partial charge >= 0.3 is 0 Å². The topological polar surface area (TPSA) is 12.0 Å². The summed E-state index contributed by atoms with van der Waals surface area (Å²) < 4.78 is 1.14. The van der Waals surface area contributed by atoms with Crippen LogP contribution in [0.3, 0.4) is 0 Å². The van der Waals surface area contributed by atoms with Crippen molar-refractivity contribution in [1.82, 2.24) is 5.32 Å². The maximum Gasteiger partial charge on any atom is 0.0500 e. The molecule has 106 valence electrons. The molecular formula is C19H18BrN. The van der Waals surface area contributed by atoms with Gasteiger partial charge in [-0.1, -0.05) is 39.7 Å². The Labute approximate surface area is 134 Å². The van der Waals surface area contributed by atoms with Gasteiger partial charge in [-0.05, 0) is 67.3 Å². The normalized spacial score (nSPS) is 24.7. The molecule has 3 aliphatic rings. The van der Waals surface area contributed by atoms with E-state index in [0.717, 1.165) is 4.47 Å². The lowest BCUT2D eigenvalue weighted by Crippen LogP contribution is -2.43. The third kappa shape index (κ3) is 2.04. The van der Waals surface area contributed by atoms with Crippen LogP contribution in [0.2, 0.25) is 0 Å². The molecule has 1 heterocycles. The summed E-state index contributed by atoms with van der Waals surface area (Å²) in [4.78, 5) is 0. The van der Waals surface area contributed by atoms with Gasteiger partial charge in [-0.2, -0.15) is 0 Å². The highest BCUT2D eigenvalue weighted by Gasteiger charge is 2.32. The molecule has 2 heteroatoms. The predicted molar refractivity (Wildman–Crippen MR) is 92.6 cm³/mol. The summed E-state index contributed by atoms with van der Waals surface area (Å²) in [5.41, 5.74) is 8.15. The second kappa shape index (κ2) is 4.23. The van der Waals surface area contributed by atoms with Crippen LogP contribution < -0.4 is 5.32 Å². The molecule has 0 bridgehead atoms. The molecule has 2 aliphatic carbocycles. The predicted octanol–water partition coefficient (Wildman–Crippen LogP) is 5.07. The van der Waals surface area contributed by atoms with Gasteiger partial charge in [-0.3, -0.25) is 0 Å². The molecular weight excluding hydrogens is 322 g/mol. The second-order valence-electron chi connectivity index (χ2n) is 6.72. The Morgan fingerprint density at radius 1 is 1.19 bits per heavy atom. The van der Waals surface area contributed by atoms with E-state index in [0.29, 0.717) is 5.92 Å². The third-order valence-electron chi connectivity index (χ3n) is 4.45. The second-order valence-corrected chi connectivity index (χ2v) is 7.64. The Balaban J connectivity index is 1.86. The van der Waals surface area contributed by atoms with Gasteiger partial charge < -0.3 is 5.32 Å². The van der Waals surface area contributed by atoms with Crippen molar-refractivity contribution in [3.05, 3.63) is 68.9 Å². The van der Waals surface area contributed by atoms with E-state index in [1.807, 2.05) is 0 Å². The molecule has 4 rings (SSSR count). The highest BCUT2D eigenvalue weighted by molar-refractivity contribution is 9.10. The number of nitrogens with one attached hydrogen (secondary N) is 1. The van der Waals surface area contributed by atoms with Crippen LogP contribution in [0, 0.1) is 5.92 Å². The quantitative estimate of drug-likeness (QED) is 0.650. The Morgan fingerprint density at radius 3 is 2.81 bits per heavy atom. The lowest BCUT2D eigenvalue weighted by atomic mass is 9.80. The monoisotopic (exact) mass is 339 g/mol. The number of benzene rings is 1. The average Bonchev–Trinajstić information content (AvgIpc) is 2.71. The maximum absolute atomic E-state index is 3.67. The fourth-order valence-corrected chi connectivity index (χ4v) is 4.05. The van der Waals surface area contributed by atoms with Crippen molar-refractivity contribution in [3.8, 4) is 0 Å². The molecule has 0 fully saturated rings. The van der Waals surface area contributed by atoms with Crippen molar-refractivity contribution in [3.63, 3.8) is 0 Å². The van der Waals surface area contributed by atoms with Crippen LogP contribution in [0.5, 0.6) is 0 Å². The van der Waals surface area contributed by atoms with Crippen LogP contribution in [0.4, 0.5) is 0 Å². The van der Waals surface area contributed by atoms with Gasteiger partial charge in [0.1, 0.15) is 0 Å². The number of hydrogen-bond donors (Lipinski definition) is 1. The Hall–Kier alpha value is -1.54. The molecule has 0 saturated heterocycles.